The predicted molar refractivity (Wildman–Crippen MR) is 66.2 cm³/mol. The number of likely N-dealkylation sites (tertiary alicyclic amines) is 1. The minimum Gasteiger partial charge on any atom is -0.481 e. The van der Waals surface area contributed by atoms with Crippen LogP contribution in [0.25, 0.3) is 0 Å². The summed E-state index contributed by atoms with van der Waals surface area (Å²) in [5.74, 6) is -0.756. The van der Waals surface area contributed by atoms with Crippen LogP contribution in [0.5, 0.6) is 0 Å². The average molecular weight is 258 g/mol. The van der Waals surface area contributed by atoms with Gasteiger partial charge in [0.05, 0.1) is 12.5 Å². The Morgan fingerprint density at radius 3 is 2.56 bits per heavy atom. The summed E-state index contributed by atoms with van der Waals surface area (Å²) in [5.41, 5.74) is -0.795. The molecule has 0 spiro atoms. The van der Waals surface area contributed by atoms with Crippen LogP contribution in [0.2, 0.25) is 0 Å². The molecule has 2 atom stereocenters. The van der Waals surface area contributed by atoms with E-state index in [1.54, 1.807) is 13.8 Å². The van der Waals surface area contributed by atoms with Gasteiger partial charge in [-0.05, 0) is 26.2 Å². The monoisotopic (exact) mass is 258 g/mol. The molecular weight excluding hydrogens is 236 g/mol. The Balaban J connectivity index is 2.53. The minimum atomic E-state index is -0.951. The Bertz CT molecular complexity index is 330. The number of piperidine rings is 1. The molecule has 2 unspecified atom stereocenters. The van der Waals surface area contributed by atoms with Crippen LogP contribution in [0.1, 0.15) is 33.6 Å². The molecule has 18 heavy (non-hydrogen) atoms. The molecule has 0 aromatic heterocycles. The van der Waals surface area contributed by atoms with Gasteiger partial charge in [-0.2, -0.15) is 0 Å². The van der Waals surface area contributed by atoms with Gasteiger partial charge < -0.3 is 20.4 Å². The number of hydrogen-bond donors (Lipinski definition) is 3. The van der Waals surface area contributed by atoms with Crippen LogP contribution in [0.15, 0.2) is 0 Å². The van der Waals surface area contributed by atoms with Crippen molar-refractivity contribution in [1.82, 2.24) is 10.2 Å². The van der Waals surface area contributed by atoms with Gasteiger partial charge in [0.2, 0.25) is 0 Å². The number of aliphatic carboxylic acids is 1. The maximum Gasteiger partial charge on any atom is 0.317 e. The summed E-state index contributed by atoms with van der Waals surface area (Å²) in [6, 6.07) is -0.313. The van der Waals surface area contributed by atoms with Gasteiger partial charge in [-0.25, -0.2) is 4.79 Å². The lowest BCUT2D eigenvalue weighted by molar-refractivity contribution is -0.138. The van der Waals surface area contributed by atoms with E-state index in [1.165, 1.54) is 4.90 Å². The number of carbonyl (C=O) groups is 2. The van der Waals surface area contributed by atoms with Crippen molar-refractivity contribution in [3.05, 3.63) is 0 Å². The fourth-order valence-corrected chi connectivity index (χ4v) is 2.02. The number of hydrogen-bond acceptors (Lipinski definition) is 3. The fourth-order valence-electron chi connectivity index (χ4n) is 2.02. The number of carboxylic acid groups (broad SMARTS) is 1. The van der Waals surface area contributed by atoms with Crippen LogP contribution in [-0.4, -0.2) is 51.8 Å². The van der Waals surface area contributed by atoms with Crippen molar-refractivity contribution in [1.29, 1.82) is 0 Å². The van der Waals surface area contributed by atoms with Crippen molar-refractivity contribution in [2.45, 2.75) is 45.3 Å². The average Bonchev–Trinajstić information content (AvgIpc) is 2.19. The standard InChI is InChI=1S/C12H22N2O4/c1-8-4-5-14(7-9(8)15)11(18)13-12(2,3)6-10(16)17/h8-9,15H,4-7H2,1-3H3,(H,13,18)(H,16,17). The highest BCUT2D eigenvalue weighted by Crippen LogP contribution is 2.18. The second-order valence-electron chi connectivity index (χ2n) is 5.66. The Hall–Kier alpha value is -1.30. The first kappa shape index (κ1) is 14.8. The summed E-state index contributed by atoms with van der Waals surface area (Å²) < 4.78 is 0. The van der Waals surface area contributed by atoms with E-state index >= 15 is 0 Å². The summed E-state index contributed by atoms with van der Waals surface area (Å²) >= 11 is 0. The van der Waals surface area contributed by atoms with Gasteiger partial charge in [-0.3, -0.25) is 4.79 Å². The number of amides is 2. The Morgan fingerprint density at radius 1 is 1.44 bits per heavy atom. The van der Waals surface area contributed by atoms with Crippen molar-refractivity contribution >= 4 is 12.0 Å². The van der Waals surface area contributed by atoms with Gasteiger partial charge in [0.25, 0.3) is 0 Å². The summed E-state index contributed by atoms with van der Waals surface area (Å²) in [5, 5.41) is 21.2. The number of carboxylic acids is 1. The SMILES string of the molecule is CC1CCN(C(=O)NC(C)(C)CC(=O)O)CC1O. The fraction of sp³-hybridized carbons (Fsp3) is 0.833. The van der Waals surface area contributed by atoms with E-state index in [1.807, 2.05) is 6.92 Å². The highest BCUT2D eigenvalue weighted by Gasteiger charge is 2.31. The van der Waals surface area contributed by atoms with E-state index in [4.69, 9.17) is 5.11 Å². The first-order valence-corrected chi connectivity index (χ1v) is 6.18. The van der Waals surface area contributed by atoms with Gasteiger partial charge >= 0.3 is 12.0 Å². The number of urea groups is 1. The van der Waals surface area contributed by atoms with Crippen molar-refractivity contribution in [2.75, 3.05) is 13.1 Å². The smallest absolute Gasteiger partial charge is 0.317 e. The van der Waals surface area contributed by atoms with Crippen molar-refractivity contribution in [2.24, 2.45) is 5.92 Å². The second kappa shape index (κ2) is 5.56. The van der Waals surface area contributed by atoms with Gasteiger partial charge in [0.1, 0.15) is 0 Å². The molecule has 1 aliphatic rings. The van der Waals surface area contributed by atoms with E-state index in [9.17, 15) is 14.7 Å². The summed E-state index contributed by atoms with van der Waals surface area (Å²) in [6.07, 6.45) is 0.117. The van der Waals surface area contributed by atoms with Crippen molar-refractivity contribution < 1.29 is 19.8 Å². The molecule has 2 amide bonds. The summed E-state index contributed by atoms with van der Waals surface area (Å²) in [4.78, 5) is 24.2. The van der Waals surface area contributed by atoms with Crippen molar-refractivity contribution in [3.63, 3.8) is 0 Å². The molecular formula is C12H22N2O4. The number of aliphatic hydroxyl groups excluding tert-OH is 1. The van der Waals surface area contributed by atoms with Crippen LogP contribution in [0.4, 0.5) is 4.79 Å². The van der Waals surface area contributed by atoms with E-state index in [-0.39, 0.29) is 18.4 Å². The molecule has 1 saturated heterocycles. The lowest BCUT2D eigenvalue weighted by Gasteiger charge is -2.36. The number of rotatable bonds is 3. The van der Waals surface area contributed by atoms with Gasteiger partial charge in [-0.1, -0.05) is 6.92 Å². The number of aliphatic hydroxyl groups is 1. The molecule has 6 nitrogen and oxygen atoms in total. The minimum absolute atomic E-state index is 0.133. The number of β-amino-alcohol motifs (C(OH)–C–C–N with tert-alkyl or cyclic N) is 1. The van der Waals surface area contributed by atoms with E-state index in [0.29, 0.717) is 13.1 Å². The van der Waals surface area contributed by atoms with Crippen LogP contribution in [0.3, 0.4) is 0 Å². The molecule has 0 aliphatic carbocycles. The number of nitrogens with one attached hydrogen (secondary N) is 1. The normalized spacial score (nSPS) is 24.8. The maximum absolute atomic E-state index is 12.0. The molecule has 1 aliphatic heterocycles. The molecule has 104 valence electrons. The zero-order valence-electron chi connectivity index (χ0n) is 11.1. The number of nitrogens with zero attached hydrogens (tertiary/aromatic N) is 1. The van der Waals surface area contributed by atoms with Crippen molar-refractivity contribution in [3.8, 4) is 0 Å². The van der Waals surface area contributed by atoms with Crippen LogP contribution in [-0.2, 0) is 4.79 Å². The van der Waals surface area contributed by atoms with Gasteiger partial charge in [0.15, 0.2) is 0 Å². The quantitative estimate of drug-likeness (QED) is 0.693. The molecule has 1 rings (SSSR count). The second-order valence-corrected chi connectivity index (χ2v) is 5.66. The first-order chi connectivity index (χ1) is 8.21. The first-order valence-electron chi connectivity index (χ1n) is 6.18. The predicted octanol–water partition coefficient (Wildman–Crippen LogP) is 0.652. The molecule has 1 fully saturated rings. The highest BCUT2D eigenvalue weighted by molar-refractivity contribution is 5.76. The largest absolute Gasteiger partial charge is 0.481 e. The molecule has 0 radical (unpaired) electrons. The third-order valence-corrected chi connectivity index (χ3v) is 3.24. The third-order valence-electron chi connectivity index (χ3n) is 3.24. The van der Waals surface area contributed by atoms with E-state index in [0.717, 1.165) is 6.42 Å². The number of carbonyl (C=O) groups excluding carboxylic acids is 1. The van der Waals surface area contributed by atoms with Crippen LogP contribution in [0, 0.1) is 5.92 Å². The topological polar surface area (TPSA) is 89.9 Å². The lowest BCUT2D eigenvalue weighted by atomic mass is 9.96. The zero-order chi connectivity index (χ0) is 13.9. The molecule has 6 heteroatoms. The lowest BCUT2D eigenvalue weighted by Crippen LogP contribution is -2.55. The zero-order valence-corrected chi connectivity index (χ0v) is 11.1. The molecule has 0 aromatic rings. The van der Waals surface area contributed by atoms with Gasteiger partial charge in [-0.15, -0.1) is 0 Å². The molecule has 0 saturated carbocycles. The van der Waals surface area contributed by atoms with Crippen LogP contribution >= 0.6 is 0 Å². The molecule has 0 bridgehead atoms. The molecule has 0 aromatic carbocycles. The highest BCUT2D eigenvalue weighted by atomic mass is 16.4. The Morgan fingerprint density at radius 2 is 2.06 bits per heavy atom. The summed E-state index contributed by atoms with van der Waals surface area (Å²) in [7, 11) is 0. The Labute approximate surface area is 107 Å². The van der Waals surface area contributed by atoms with E-state index < -0.39 is 17.6 Å². The van der Waals surface area contributed by atoms with E-state index in [2.05, 4.69) is 5.32 Å². The third kappa shape index (κ3) is 4.18. The summed E-state index contributed by atoms with van der Waals surface area (Å²) in [6.45, 7) is 6.18. The maximum atomic E-state index is 12.0. The van der Waals surface area contributed by atoms with Crippen LogP contribution < -0.4 is 5.32 Å². The molecule has 3 N–H and O–H groups in total. The molecule has 1 heterocycles. The van der Waals surface area contributed by atoms with Gasteiger partial charge in [0, 0.05) is 18.6 Å². The Kier molecular flexibility index (Phi) is 4.56.